The third-order valence-corrected chi connectivity index (χ3v) is 5.42. The van der Waals surface area contributed by atoms with Crippen molar-refractivity contribution < 1.29 is 46.5 Å². The number of hydrogen-bond acceptors (Lipinski definition) is 5. The molecule has 1 N–H and O–H groups in total. The molecule has 0 saturated heterocycles. The Bertz CT molecular complexity index is 1360. The van der Waals surface area contributed by atoms with Gasteiger partial charge in [-0.3, -0.25) is 4.79 Å². The predicted molar refractivity (Wildman–Crippen MR) is 135 cm³/mol. The Labute approximate surface area is 221 Å². The second-order valence-electron chi connectivity index (χ2n) is 8.16. The highest BCUT2D eigenvalue weighted by atomic mass is 19.4. The van der Waals surface area contributed by atoms with Crippen molar-refractivity contribution in [3.05, 3.63) is 108 Å². The first-order valence-corrected chi connectivity index (χ1v) is 11.5. The van der Waals surface area contributed by atoms with Crippen LogP contribution in [0.1, 0.15) is 27.0 Å². The summed E-state index contributed by atoms with van der Waals surface area (Å²) in [6.45, 7) is 6.07. The summed E-state index contributed by atoms with van der Waals surface area (Å²) in [7, 11) is 0. The Balaban J connectivity index is 1.79. The first kappa shape index (κ1) is 29.0. The fourth-order valence-corrected chi connectivity index (χ4v) is 3.63. The molecule has 0 spiro atoms. The molecule has 0 aliphatic rings. The monoisotopic (exact) mass is 544 g/mol. The lowest BCUT2D eigenvalue weighted by molar-refractivity contribution is -0.141. The van der Waals surface area contributed by atoms with E-state index in [2.05, 4.69) is 13.2 Å². The lowest BCUT2D eigenvalue weighted by Gasteiger charge is -2.18. The standard InChI is InChI=1S/C29H24F4O6/c1-3-13-37-25(34)15-18-5-7-19(8-6-18)20-10-12-24(23(30)16-20)39-17-21-9-11-22(29(31,32)33)27(38-14-4-2)26(21)28(35)36/h3-12,16H,1-2,13-15,17H2,(H,35,36). The SMILES string of the molecule is C=CCOC(=O)Cc1ccc(-c2ccc(OCc3ccc(C(F)(F)F)c(OCC=C)c3C(=O)O)c(F)c2)cc1. The van der Waals surface area contributed by atoms with Crippen molar-refractivity contribution in [3.8, 4) is 22.6 Å². The summed E-state index contributed by atoms with van der Waals surface area (Å²) in [5.41, 5.74) is -0.279. The molecule has 0 aliphatic heterocycles. The van der Waals surface area contributed by atoms with Crippen LogP contribution in [0, 0.1) is 5.82 Å². The quantitative estimate of drug-likeness (QED) is 0.157. The second kappa shape index (κ2) is 12.8. The second-order valence-corrected chi connectivity index (χ2v) is 8.16. The Morgan fingerprint density at radius 3 is 2.15 bits per heavy atom. The number of carboxylic acid groups (broad SMARTS) is 1. The molecule has 3 aromatic carbocycles. The third-order valence-electron chi connectivity index (χ3n) is 5.42. The van der Waals surface area contributed by atoms with Crippen LogP contribution in [0.25, 0.3) is 11.1 Å². The molecular formula is C29H24F4O6. The van der Waals surface area contributed by atoms with E-state index in [9.17, 15) is 32.3 Å². The topological polar surface area (TPSA) is 82.1 Å². The fraction of sp³-hybridized carbons (Fsp3) is 0.172. The average molecular weight is 544 g/mol. The molecule has 39 heavy (non-hydrogen) atoms. The van der Waals surface area contributed by atoms with E-state index in [0.717, 1.165) is 6.07 Å². The summed E-state index contributed by atoms with van der Waals surface area (Å²) in [6.07, 6.45) is -2.15. The fourth-order valence-electron chi connectivity index (χ4n) is 3.63. The molecule has 0 atom stereocenters. The Kier molecular flexibility index (Phi) is 9.48. The Morgan fingerprint density at radius 1 is 0.897 bits per heavy atom. The van der Waals surface area contributed by atoms with E-state index < -0.39 is 47.4 Å². The van der Waals surface area contributed by atoms with Crippen molar-refractivity contribution in [2.75, 3.05) is 13.2 Å². The molecule has 3 aromatic rings. The maximum absolute atomic E-state index is 14.8. The van der Waals surface area contributed by atoms with Crippen LogP contribution in [0.15, 0.2) is 79.9 Å². The van der Waals surface area contributed by atoms with Gasteiger partial charge in [-0.2, -0.15) is 13.2 Å². The third kappa shape index (κ3) is 7.47. The zero-order chi connectivity index (χ0) is 28.6. The minimum Gasteiger partial charge on any atom is -0.488 e. The van der Waals surface area contributed by atoms with Crippen molar-refractivity contribution >= 4 is 11.9 Å². The molecular weight excluding hydrogens is 520 g/mol. The van der Waals surface area contributed by atoms with Crippen LogP contribution < -0.4 is 9.47 Å². The summed E-state index contributed by atoms with van der Waals surface area (Å²) in [4.78, 5) is 23.6. The van der Waals surface area contributed by atoms with E-state index in [-0.39, 0.29) is 30.9 Å². The summed E-state index contributed by atoms with van der Waals surface area (Å²) in [6, 6.07) is 12.6. The Hall–Kier alpha value is -4.60. The van der Waals surface area contributed by atoms with Crippen LogP contribution >= 0.6 is 0 Å². The first-order chi connectivity index (χ1) is 18.5. The van der Waals surface area contributed by atoms with Gasteiger partial charge in [-0.25, -0.2) is 9.18 Å². The largest absolute Gasteiger partial charge is 0.488 e. The van der Waals surface area contributed by atoms with Crippen molar-refractivity contribution in [1.82, 2.24) is 0 Å². The van der Waals surface area contributed by atoms with Crippen LogP contribution in [0.4, 0.5) is 17.6 Å². The Morgan fingerprint density at radius 2 is 1.56 bits per heavy atom. The number of carbonyl (C=O) groups is 2. The number of ether oxygens (including phenoxy) is 3. The number of esters is 1. The van der Waals surface area contributed by atoms with Gasteiger partial charge >= 0.3 is 18.1 Å². The molecule has 0 aliphatic carbocycles. The molecule has 0 heterocycles. The van der Waals surface area contributed by atoms with Crippen LogP contribution in [-0.2, 0) is 28.7 Å². The number of carbonyl (C=O) groups excluding carboxylic acids is 1. The van der Waals surface area contributed by atoms with Crippen LogP contribution in [0.5, 0.6) is 11.5 Å². The maximum Gasteiger partial charge on any atom is 0.419 e. The van der Waals surface area contributed by atoms with Crippen molar-refractivity contribution in [2.24, 2.45) is 0 Å². The highest BCUT2D eigenvalue weighted by molar-refractivity contribution is 5.93. The van der Waals surface area contributed by atoms with Crippen LogP contribution in [0.3, 0.4) is 0 Å². The number of rotatable bonds is 12. The van der Waals surface area contributed by atoms with E-state index in [4.69, 9.17) is 14.2 Å². The van der Waals surface area contributed by atoms with Crippen molar-refractivity contribution in [3.63, 3.8) is 0 Å². The summed E-state index contributed by atoms with van der Waals surface area (Å²) >= 11 is 0. The smallest absolute Gasteiger partial charge is 0.419 e. The van der Waals surface area contributed by atoms with Gasteiger partial charge in [-0.05, 0) is 34.9 Å². The van der Waals surface area contributed by atoms with E-state index >= 15 is 0 Å². The molecule has 0 amide bonds. The van der Waals surface area contributed by atoms with Gasteiger partial charge in [0.15, 0.2) is 11.6 Å². The molecule has 10 heteroatoms. The average Bonchev–Trinajstić information content (AvgIpc) is 2.89. The molecule has 0 bridgehead atoms. The zero-order valence-corrected chi connectivity index (χ0v) is 20.6. The molecule has 6 nitrogen and oxygen atoms in total. The van der Waals surface area contributed by atoms with Gasteiger partial charge in [-0.1, -0.05) is 61.7 Å². The molecule has 0 radical (unpaired) electrons. The number of carboxylic acids is 1. The van der Waals surface area contributed by atoms with Crippen LogP contribution in [0.2, 0.25) is 0 Å². The highest BCUT2D eigenvalue weighted by Gasteiger charge is 2.37. The number of benzene rings is 3. The van der Waals surface area contributed by atoms with E-state index in [0.29, 0.717) is 22.8 Å². The van der Waals surface area contributed by atoms with Gasteiger partial charge in [0.1, 0.15) is 31.1 Å². The number of hydrogen-bond donors (Lipinski definition) is 1. The lowest BCUT2D eigenvalue weighted by Crippen LogP contribution is -2.16. The van der Waals surface area contributed by atoms with E-state index in [1.165, 1.54) is 24.3 Å². The first-order valence-electron chi connectivity index (χ1n) is 11.5. The van der Waals surface area contributed by atoms with Gasteiger partial charge in [0.25, 0.3) is 0 Å². The summed E-state index contributed by atoms with van der Waals surface area (Å²) in [5, 5.41) is 9.62. The number of halogens is 4. The minimum atomic E-state index is -4.87. The molecule has 0 unspecified atom stereocenters. The lowest BCUT2D eigenvalue weighted by atomic mass is 10.0. The highest BCUT2D eigenvalue weighted by Crippen LogP contribution is 2.40. The molecule has 3 rings (SSSR count). The molecule has 204 valence electrons. The van der Waals surface area contributed by atoms with Crippen LogP contribution in [-0.4, -0.2) is 30.3 Å². The predicted octanol–water partition coefficient (Wildman–Crippen LogP) is 6.63. The summed E-state index contributed by atoms with van der Waals surface area (Å²) in [5.74, 6) is -3.94. The normalized spacial score (nSPS) is 11.0. The van der Waals surface area contributed by atoms with Gasteiger partial charge in [0.2, 0.25) is 0 Å². The number of alkyl halides is 3. The van der Waals surface area contributed by atoms with Gasteiger partial charge in [0, 0.05) is 5.56 Å². The summed E-state index contributed by atoms with van der Waals surface area (Å²) < 4.78 is 70.6. The van der Waals surface area contributed by atoms with Crippen molar-refractivity contribution in [2.45, 2.75) is 19.2 Å². The van der Waals surface area contributed by atoms with Gasteiger partial charge in [0.05, 0.1) is 12.0 Å². The molecule has 0 aromatic heterocycles. The van der Waals surface area contributed by atoms with Crippen molar-refractivity contribution in [1.29, 1.82) is 0 Å². The van der Waals surface area contributed by atoms with E-state index in [1.807, 2.05) is 0 Å². The zero-order valence-electron chi connectivity index (χ0n) is 20.6. The van der Waals surface area contributed by atoms with Gasteiger partial charge < -0.3 is 19.3 Å². The maximum atomic E-state index is 14.8. The molecule has 0 fully saturated rings. The molecule has 0 saturated carbocycles. The van der Waals surface area contributed by atoms with Gasteiger partial charge in [-0.15, -0.1) is 0 Å². The number of aromatic carboxylic acids is 1. The minimum absolute atomic E-state index is 0.0673. The van der Waals surface area contributed by atoms with E-state index in [1.54, 1.807) is 30.3 Å².